The van der Waals surface area contributed by atoms with E-state index in [2.05, 4.69) is 12.2 Å². The van der Waals surface area contributed by atoms with Crippen molar-refractivity contribution in [2.75, 3.05) is 12.3 Å². The maximum Gasteiger partial charge on any atom is 0.263 e. The van der Waals surface area contributed by atoms with Crippen LogP contribution in [0.2, 0.25) is 5.02 Å². The summed E-state index contributed by atoms with van der Waals surface area (Å²) in [7, 11) is 0. The van der Waals surface area contributed by atoms with Gasteiger partial charge in [-0.25, -0.2) is 0 Å². The molecule has 1 fully saturated rings. The largest absolute Gasteiger partial charge is 0.397 e. The Hall–Kier alpha value is -1.26. The van der Waals surface area contributed by atoms with Crippen LogP contribution in [0, 0.1) is 11.8 Å². The Labute approximate surface area is 133 Å². The predicted octanol–water partition coefficient (Wildman–Crippen LogP) is 4.30. The molecule has 5 heteroatoms. The Morgan fingerprint density at radius 1 is 1.48 bits per heavy atom. The number of nitrogens with one attached hydrogen (secondary N) is 1. The first-order valence-corrected chi connectivity index (χ1v) is 8.49. The van der Waals surface area contributed by atoms with E-state index in [0.29, 0.717) is 21.5 Å². The third-order valence-electron chi connectivity index (χ3n) is 4.25. The maximum absolute atomic E-state index is 12.3. The summed E-state index contributed by atoms with van der Waals surface area (Å²) >= 11 is 7.39. The minimum Gasteiger partial charge on any atom is -0.397 e. The molecule has 0 radical (unpaired) electrons. The van der Waals surface area contributed by atoms with E-state index < -0.39 is 0 Å². The van der Waals surface area contributed by atoms with Crippen LogP contribution in [0.3, 0.4) is 0 Å². The zero-order valence-corrected chi connectivity index (χ0v) is 13.6. The minimum absolute atomic E-state index is 0.0654. The van der Waals surface area contributed by atoms with E-state index in [0.717, 1.165) is 22.5 Å². The molecule has 0 spiro atoms. The molecule has 1 aromatic heterocycles. The van der Waals surface area contributed by atoms with Crippen molar-refractivity contribution in [2.24, 2.45) is 11.8 Å². The van der Waals surface area contributed by atoms with Gasteiger partial charge in [-0.15, -0.1) is 11.3 Å². The number of thiophene rings is 1. The number of nitrogen functional groups attached to an aromatic ring is 1. The van der Waals surface area contributed by atoms with Crippen molar-refractivity contribution in [3.05, 3.63) is 28.1 Å². The Morgan fingerprint density at radius 2 is 2.29 bits per heavy atom. The summed E-state index contributed by atoms with van der Waals surface area (Å²) in [5.41, 5.74) is 6.66. The molecule has 1 saturated carbocycles. The summed E-state index contributed by atoms with van der Waals surface area (Å²) in [4.78, 5) is 12.9. The molecule has 2 aromatic rings. The van der Waals surface area contributed by atoms with E-state index in [1.54, 1.807) is 6.07 Å². The highest BCUT2D eigenvalue weighted by Crippen LogP contribution is 2.35. The Bertz CT molecular complexity index is 682. The summed E-state index contributed by atoms with van der Waals surface area (Å²) in [6.45, 7) is 3.02. The first-order chi connectivity index (χ1) is 10.0. The number of hydrogen-bond acceptors (Lipinski definition) is 3. The van der Waals surface area contributed by atoms with Gasteiger partial charge in [-0.2, -0.15) is 0 Å². The summed E-state index contributed by atoms with van der Waals surface area (Å²) in [6, 6.07) is 5.53. The Morgan fingerprint density at radius 3 is 3.00 bits per heavy atom. The second-order valence-electron chi connectivity index (χ2n) is 5.98. The van der Waals surface area contributed by atoms with Crippen molar-refractivity contribution in [2.45, 2.75) is 26.2 Å². The molecule has 0 aliphatic heterocycles. The van der Waals surface area contributed by atoms with Crippen molar-refractivity contribution in [1.29, 1.82) is 0 Å². The van der Waals surface area contributed by atoms with Gasteiger partial charge < -0.3 is 11.1 Å². The van der Waals surface area contributed by atoms with Crippen LogP contribution in [-0.2, 0) is 0 Å². The fourth-order valence-electron chi connectivity index (χ4n) is 3.09. The van der Waals surface area contributed by atoms with Gasteiger partial charge in [0.2, 0.25) is 0 Å². The zero-order valence-electron chi connectivity index (χ0n) is 12.0. The van der Waals surface area contributed by atoms with E-state index in [1.165, 1.54) is 30.6 Å². The standard InChI is InChI=1S/C16H19ClN2OS/c1-9-2-3-10(6-9)8-19-16(20)15-14(18)12-5-4-11(17)7-13(12)21-15/h4-5,7,9-10H,2-3,6,8,18H2,1H3,(H,19,20). The smallest absolute Gasteiger partial charge is 0.263 e. The van der Waals surface area contributed by atoms with Gasteiger partial charge in [0.05, 0.1) is 5.69 Å². The number of nitrogens with two attached hydrogens (primary N) is 1. The van der Waals surface area contributed by atoms with Gasteiger partial charge in [-0.3, -0.25) is 4.79 Å². The number of anilines is 1. The van der Waals surface area contributed by atoms with E-state index in [1.807, 2.05) is 12.1 Å². The molecule has 1 heterocycles. The summed E-state index contributed by atoms with van der Waals surface area (Å²) in [5, 5.41) is 4.61. The fraction of sp³-hybridized carbons (Fsp3) is 0.438. The van der Waals surface area contributed by atoms with E-state index in [4.69, 9.17) is 17.3 Å². The van der Waals surface area contributed by atoms with Crippen LogP contribution in [0.1, 0.15) is 35.9 Å². The lowest BCUT2D eigenvalue weighted by Crippen LogP contribution is -2.28. The van der Waals surface area contributed by atoms with Crippen LogP contribution in [0.25, 0.3) is 10.1 Å². The third kappa shape index (κ3) is 3.01. The van der Waals surface area contributed by atoms with Crippen molar-refractivity contribution >= 4 is 44.6 Å². The molecule has 3 rings (SSSR count). The molecule has 1 aliphatic carbocycles. The van der Waals surface area contributed by atoms with Crippen LogP contribution < -0.4 is 11.1 Å². The number of benzene rings is 1. The topological polar surface area (TPSA) is 55.1 Å². The second-order valence-corrected chi connectivity index (χ2v) is 7.47. The molecule has 0 bridgehead atoms. The molecular formula is C16H19ClN2OS. The number of rotatable bonds is 3. The number of halogens is 1. The van der Waals surface area contributed by atoms with Crippen molar-refractivity contribution in [1.82, 2.24) is 5.32 Å². The molecule has 112 valence electrons. The van der Waals surface area contributed by atoms with E-state index in [9.17, 15) is 4.79 Å². The fourth-order valence-corrected chi connectivity index (χ4v) is 4.40. The van der Waals surface area contributed by atoms with E-state index in [-0.39, 0.29) is 5.91 Å². The highest BCUT2D eigenvalue weighted by Gasteiger charge is 2.23. The van der Waals surface area contributed by atoms with Gasteiger partial charge in [0, 0.05) is 21.7 Å². The highest BCUT2D eigenvalue weighted by atomic mass is 35.5. The number of amides is 1. The molecule has 2 unspecified atom stereocenters. The lowest BCUT2D eigenvalue weighted by molar-refractivity contribution is 0.0952. The lowest BCUT2D eigenvalue weighted by Gasteiger charge is -2.10. The first-order valence-electron chi connectivity index (χ1n) is 7.30. The van der Waals surface area contributed by atoms with Gasteiger partial charge in [-0.05, 0) is 42.9 Å². The minimum atomic E-state index is -0.0654. The van der Waals surface area contributed by atoms with Gasteiger partial charge in [0.15, 0.2) is 0 Å². The second kappa shape index (κ2) is 5.85. The van der Waals surface area contributed by atoms with Crippen molar-refractivity contribution < 1.29 is 4.79 Å². The molecule has 1 amide bonds. The van der Waals surface area contributed by atoms with Crippen LogP contribution in [0.15, 0.2) is 18.2 Å². The normalized spacial score (nSPS) is 21.8. The van der Waals surface area contributed by atoms with Crippen molar-refractivity contribution in [3.8, 4) is 0 Å². The number of carbonyl (C=O) groups excluding carboxylic acids is 1. The average molecular weight is 323 g/mol. The molecule has 3 nitrogen and oxygen atoms in total. The van der Waals surface area contributed by atoms with Crippen LogP contribution in [-0.4, -0.2) is 12.5 Å². The number of hydrogen-bond donors (Lipinski definition) is 2. The number of fused-ring (bicyclic) bond motifs is 1. The Kier molecular flexibility index (Phi) is 4.09. The molecule has 2 atom stereocenters. The van der Waals surface area contributed by atoms with Crippen LogP contribution in [0.4, 0.5) is 5.69 Å². The molecule has 1 aromatic carbocycles. The predicted molar refractivity (Wildman–Crippen MR) is 90.1 cm³/mol. The summed E-state index contributed by atoms with van der Waals surface area (Å²) < 4.78 is 0.958. The van der Waals surface area contributed by atoms with Gasteiger partial charge >= 0.3 is 0 Å². The SMILES string of the molecule is CC1CCC(CNC(=O)c2sc3cc(Cl)ccc3c2N)C1. The van der Waals surface area contributed by atoms with Gasteiger partial charge in [0.1, 0.15) is 4.88 Å². The van der Waals surface area contributed by atoms with Crippen LogP contribution >= 0.6 is 22.9 Å². The maximum atomic E-state index is 12.3. The highest BCUT2D eigenvalue weighted by molar-refractivity contribution is 7.21. The number of carbonyl (C=O) groups is 1. The van der Waals surface area contributed by atoms with Gasteiger partial charge in [-0.1, -0.05) is 24.9 Å². The van der Waals surface area contributed by atoms with Gasteiger partial charge in [0.25, 0.3) is 5.91 Å². The molecular weight excluding hydrogens is 304 g/mol. The quantitative estimate of drug-likeness (QED) is 0.885. The van der Waals surface area contributed by atoms with Crippen LogP contribution in [0.5, 0.6) is 0 Å². The van der Waals surface area contributed by atoms with E-state index >= 15 is 0 Å². The third-order valence-corrected chi connectivity index (χ3v) is 5.65. The lowest BCUT2D eigenvalue weighted by atomic mass is 10.1. The molecule has 0 saturated heterocycles. The molecule has 3 N–H and O–H groups in total. The summed E-state index contributed by atoms with van der Waals surface area (Å²) in [5.74, 6) is 1.32. The van der Waals surface area contributed by atoms with Crippen molar-refractivity contribution in [3.63, 3.8) is 0 Å². The zero-order chi connectivity index (χ0) is 15.0. The average Bonchev–Trinajstić information content (AvgIpc) is 3.00. The monoisotopic (exact) mass is 322 g/mol. The Balaban J connectivity index is 1.74. The molecule has 21 heavy (non-hydrogen) atoms. The summed E-state index contributed by atoms with van der Waals surface area (Å²) in [6.07, 6.45) is 3.68. The molecule has 1 aliphatic rings. The first kappa shape index (κ1) is 14.7.